The van der Waals surface area contributed by atoms with Gasteiger partial charge in [-0.05, 0) is 12.8 Å². The Labute approximate surface area is 141 Å². The predicted molar refractivity (Wildman–Crippen MR) is 88.5 cm³/mol. The molecular weight excluding hydrogens is 310 g/mol. The van der Waals surface area contributed by atoms with Crippen molar-refractivity contribution in [1.82, 2.24) is 9.80 Å². The number of carbonyl (C=O) groups is 1. The van der Waals surface area contributed by atoms with Crippen LogP contribution in [-0.2, 0) is 16.1 Å². The van der Waals surface area contributed by atoms with Crippen molar-refractivity contribution in [2.75, 3.05) is 32.8 Å². The number of hydrogen-bond acceptors (Lipinski definition) is 5. The van der Waals surface area contributed by atoms with Gasteiger partial charge in [0.2, 0.25) is 5.91 Å². The number of carbonyl (C=O) groups excluding carboxylic acids is 1. The van der Waals surface area contributed by atoms with E-state index >= 15 is 0 Å². The zero-order valence-corrected chi connectivity index (χ0v) is 13.9. The highest BCUT2D eigenvalue weighted by atomic mass is 16.6. The van der Waals surface area contributed by atoms with E-state index < -0.39 is 0 Å². The molecule has 2 aliphatic heterocycles. The third-order valence-electron chi connectivity index (χ3n) is 4.89. The molecule has 7 heteroatoms. The number of para-hydroxylation sites is 1. The number of nitro groups is 1. The lowest BCUT2D eigenvalue weighted by molar-refractivity contribution is -0.385. The van der Waals surface area contributed by atoms with Crippen molar-refractivity contribution < 1.29 is 14.5 Å². The lowest BCUT2D eigenvalue weighted by Gasteiger charge is -2.48. The second kappa shape index (κ2) is 6.86. The van der Waals surface area contributed by atoms with Crippen LogP contribution in [0.4, 0.5) is 5.69 Å². The molecule has 0 N–H and O–H groups in total. The Bertz CT molecular complexity index is 632. The quantitative estimate of drug-likeness (QED) is 0.623. The average molecular weight is 333 g/mol. The minimum absolute atomic E-state index is 0.0773. The summed E-state index contributed by atoms with van der Waals surface area (Å²) in [5.74, 6) is 0.0773. The van der Waals surface area contributed by atoms with Gasteiger partial charge in [0.05, 0.1) is 23.7 Å². The van der Waals surface area contributed by atoms with Gasteiger partial charge >= 0.3 is 0 Å². The van der Waals surface area contributed by atoms with Crippen LogP contribution in [0.15, 0.2) is 24.3 Å². The highest BCUT2D eigenvalue weighted by Crippen LogP contribution is 2.30. The molecule has 0 bridgehead atoms. The average Bonchev–Trinajstić information content (AvgIpc) is 2.55. The summed E-state index contributed by atoms with van der Waals surface area (Å²) in [5, 5.41) is 11.2. The number of benzene rings is 1. The summed E-state index contributed by atoms with van der Waals surface area (Å²) >= 11 is 0. The lowest BCUT2D eigenvalue weighted by atomic mass is 9.90. The summed E-state index contributed by atoms with van der Waals surface area (Å²) in [4.78, 5) is 26.6. The molecule has 0 saturated carbocycles. The molecule has 0 radical (unpaired) electrons. The van der Waals surface area contributed by atoms with E-state index in [0.717, 1.165) is 31.5 Å². The summed E-state index contributed by atoms with van der Waals surface area (Å²) in [6, 6.07) is 6.87. The molecule has 2 heterocycles. The summed E-state index contributed by atoms with van der Waals surface area (Å²) < 4.78 is 6.06. The third kappa shape index (κ3) is 3.57. The minimum Gasteiger partial charge on any atom is -0.370 e. The Kier molecular flexibility index (Phi) is 4.82. The monoisotopic (exact) mass is 333 g/mol. The van der Waals surface area contributed by atoms with Crippen molar-refractivity contribution >= 4 is 11.6 Å². The maximum Gasteiger partial charge on any atom is 0.273 e. The zero-order chi connectivity index (χ0) is 17.2. The topological polar surface area (TPSA) is 75.9 Å². The molecule has 0 aromatic heterocycles. The molecule has 0 aliphatic carbocycles. The van der Waals surface area contributed by atoms with Crippen molar-refractivity contribution in [2.24, 2.45) is 0 Å². The van der Waals surface area contributed by atoms with E-state index in [1.54, 1.807) is 19.1 Å². The van der Waals surface area contributed by atoms with E-state index in [0.29, 0.717) is 26.2 Å². The molecule has 1 aromatic carbocycles. The third-order valence-corrected chi connectivity index (χ3v) is 4.89. The van der Waals surface area contributed by atoms with E-state index in [9.17, 15) is 14.9 Å². The van der Waals surface area contributed by atoms with Crippen molar-refractivity contribution in [2.45, 2.75) is 31.9 Å². The van der Waals surface area contributed by atoms with Gasteiger partial charge in [-0.1, -0.05) is 18.2 Å². The van der Waals surface area contributed by atoms with Gasteiger partial charge in [0.25, 0.3) is 5.69 Å². The molecule has 2 aliphatic rings. The second-order valence-electron chi connectivity index (χ2n) is 6.67. The molecule has 1 unspecified atom stereocenters. The molecular formula is C17H23N3O4. The van der Waals surface area contributed by atoms with E-state index in [1.807, 2.05) is 17.0 Å². The minimum atomic E-state index is -0.342. The van der Waals surface area contributed by atoms with Crippen LogP contribution < -0.4 is 0 Å². The maximum absolute atomic E-state index is 11.7. The lowest BCUT2D eigenvalue weighted by Crippen LogP contribution is -2.60. The van der Waals surface area contributed by atoms with Crippen LogP contribution in [0, 0.1) is 10.1 Å². The molecule has 24 heavy (non-hydrogen) atoms. The molecule has 2 saturated heterocycles. The molecule has 3 rings (SSSR count). The fraction of sp³-hybridized carbons (Fsp3) is 0.588. The number of rotatable bonds is 3. The summed E-state index contributed by atoms with van der Waals surface area (Å²) in [7, 11) is 0. The Hall–Kier alpha value is -1.99. The summed E-state index contributed by atoms with van der Waals surface area (Å²) in [5.41, 5.74) is 0.539. The standard InChI is InChI=1S/C17H23N3O4/c1-14(21)19-8-4-7-17(13-19)12-18(9-10-24-17)11-15-5-2-3-6-16(15)20(22)23/h2-3,5-6H,4,7-13H2,1H3. The van der Waals surface area contributed by atoms with Crippen LogP contribution in [0.3, 0.4) is 0 Å². The van der Waals surface area contributed by atoms with Gasteiger partial charge in [-0.25, -0.2) is 0 Å². The number of amides is 1. The molecule has 1 spiro atoms. The first kappa shape index (κ1) is 16.9. The summed E-state index contributed by atoms with van der Waals surface area (Å²) in [6.07, 6.45) is 1.85. The van der Waals surface area contributed by atoms with E-state index in [4.69, 9.17) is 4.74 Å². The molecule has 7 nitrogen and oxygen atoms in total. The van der Waals surface area contributed by atoms with E-state index in [2.05, 4.69) is 4.90 Å². The van der Waals surface area contributed by atoms with Gasteiger partial charge in [-0.15, -0.1) is 0 Å². The van der Waals surface area contributed by atoms with E-state index in [1.165, 1.54) is 0 Å². The summed E-state index contributed by atoms with van der Waals surface area (Å²) in [6.45, 7) is 5.54. The Morgan fingerprint density at radius 3 is 2.88 bits per heavy atom. The van der Waals surface area contributed by atoms with E-state index in [-0.39, 0.29) is 22.1 Å². The van der Waals surface area contributed by atoms with Crippen LogP contribution in [0.2, 0.25) is 0 Å². The highest BCUT2D eigenvalue weighted by molar-refractivity contribution is 5.73. The Morgan fingerprint density at radius 1 is 1.33 bits per heavy atom. The zero-order valence-electron chi connectivity index (χ0n) is 13.9. The molecule has 1 atom stereocenters. The van der Waals surface area contributed by atoms with Crippen molar-refractivity contribution in [3.63, 3.8) is 0 Å². The van der Waals surface area contributed by atoms with Crippen LogP contribution >= 0.6 is 0 Å². The molecule has 2 fully saturated rings. The highest BCUT2D eigenvalue weighted by Gasteiger charge is 2.41. The van der Waals surface area contributed by atoms with Crippen molar-refractivity contribution in [1.29, 1.82) is 0 Å². The number of likely N-dealkylation sites (tertiary alicyclic amines) is 1. The van der Waals surface area contributed by atoms with Crippen molar-refractivity contribution in [3.05, 3.63) is 39.9 Å². The number of nitro benzene ring substituents is 1. The van der Waals surface area contributed by atoms with Crippen LogP contribution in [0.25, 0.3) is 0 Å². The SMILES string of the molecule is CC(=O)N1CCCC2(CN(Cc3ccccc3[N+](=O)[O-])CCO2)C1. The van der Waals surface area contributed by atoms with Crippen LogP contribution in [0.1, 0.15) is 25.3 Å². The van der Waals surface area contributed by atoms with Gasteiger partial charge in [0, 0.05) is 44.7 Å². The van der Waals surface area contributed by atoms with Gasteiger partial charge in [-0.3, -0.25) is 19.8 Å². The Balaban J connectivity index is 1.72. The van der Waals surface area contributed by atoms with Gasteiger partial charge in [0.15, 0.2) is 0 Å². The molecule has 130 valence electrons. The van der Waals surface area contributed by atoms with Crippen LogP contribution in [-0.4, -0.2) is 59.0 Å². The first-order valence-electron chi connectivity index (χ1n) is 8.33. The largest absolute Gasteiger partial charge is 0.370 e. The smallest absolute Gasteiger partial charge is 0.273 e. The van der Waals surface area contributed by atoms with Crippen LogP contribution in [0.5, 0.6) is 0 Å². The molecule has 1 amide bonds. The molecule has 1 aromatic rings. The fourth-order valence-corrected chi connectivity index (χ4v) is 3.74. The number of hydrogen-bond donors (Lipinski definition) is 0. The Morgan fingerprint density at radius 2 is 2.12 bits per heavy atom. The number of ether oxygens (including phenoxy) is 1. The number of nitrogens with zero attached hydrogens (tertiary/aromatic N) is 3. The first-order chi connectivity index (χ1) is 11.5. The number of piperidine rings is 1. The van der Waals surface area contributed by atoms with Gasteiger partial charge in [0.1, 0.15) is 0 Å². The number of morpholine rings is 1. The van der Waals surface area contributed by atoms with Gasteiger partial charge in [-0.2, -0.15) is 0 Å². The maximum atomic E-state index is 11.7. The van der Waals surface area contributed by atoms with Crippen molar-refractivity contribution in [3.8, 4) is 0 Å². The fourth-order valence-electron chi connectivity index (χ4n) is 3.74. The first-order valence-corrected chi connectivity index (χ1v) is 8.33. The normalized spacial score (nSPS) is 25.0. The predicted octanol–water partition coefficient (Wildman–Crippen LogP) is 1.81. The second-order valence-corrected chi connectivity index (χ2v) is 6.67. The van der Waals surface area contributed by atoms with Gasteiger partial charge < -0.3 is 9.64 Å².